The predicted molar refractivity (Wildman–Crippen MR) is 234 cm³/mol. The van der Waals surface area contributed by atoms with Gasteiger partial charge in [-0.3, -0.25) is 4.57 Å². The zero-order chi connectivity index (χ0) is 37.5. The molecule has 0 atom stereocenters. The summed E-state index contributed by atoms with van der Waals surface area (Å²) in [5.41, 5.74) is 10.7. The Bertz CT molecular complexity index is 3450. The second-order valence-corrected chi connectivity index (χ2v) is 14.5. The van der Waals surface area contributed by atoms with Crippen molar-refractivity contribution in [3.8, 4) is 40.1 Å². The van der Waals surface area contributed by atoms with E-state index in [9.17, 15) is 0 Å². The summed E-state index contributed by atoms with van der Waals surface area (Å²) in [6.45, 7) is 0. The van der Waals surface area contributed by atoms with Gasteiger partial charge in [-0.15, -0.1) is 0 Å². The van der Waals surface area contributed by atoms with Crippen molar-refractivity contribution in [1.82, 2.24) is 28.7 Å². The van der Waals surface area contributed by atoms with Crippen molar-refractivity contribution in [1.29, 1.82) is 0 Å². The van der Waals surface area contributed by atoms with E-state index < -0.39 is 0 Å². The Kier molecular flexibility index (Phi) is 6.83. The first kappa shape index (κ1) is 31.5. The van der Waals surface area contributed by atoms with E-state index >= 15 is 0 Å². The maximum Gasteiger partial charge on any atom is 0.238 e. The minimum absolute atomic E-state index is 0.564. The molecule has 12 rings (SSSR count). The molecule has 0 amide bonds. The van der Waals surface area contributed by atoms with Crippen LogP contribution in [0.25, 0.3) is 106 Å². The number of hydrogen-bond donors (Lipinski definition) is 0. The Labute approximate surface area is 327 Å². The SMILES string of the molecule is c1ccc(-c2nc(-c3ccc(-n4c5ccccc5c5ccccc54)cc3)nc(-n3c4ccccc4c4ccc5c6ccccc6n(-c6ccccc6)c5c43)n2)cc1. The number of hydrogen-bond acceptors (Lipinski definition) is 3. The fraction of sp³-hybridized carbons (Fsp3) is 0. The molecule has 4 aromatic heterocycles. The lowest BCUT2D eigenvalue weighted by molar-refractivity contribution is 0.953. The van der Waals surface area contributed by atoms with Gasteiger partial charge in [-0.05, 0) is 60.7 Å². The maximum atomic E-state index is 5.35. The molecule has 6 nitrogen and oxygen atoms in total. The van der Waals surface area contributed by atoms with Crippen LogP contribution >= 0.6 is 0 Å². The maximum absolute atomic E-state index is 5.35. The fourth-order valence-corrected chi connectivity index (χ4v) is 8.82. The van der Waals surface area contributed by atoms with E-state index in [4.69, 9.17) is 15.0 Å². The Balaban J connectivity index is 1.13. The molecular weight excluding hydrogens is 697 g/mol. The van der Waals surface area contributed by atoms with Gasteiger partial charge in [-0.1, -0.05) is 133 Å². The first-order valence-electron chi connectivity index (χ1n) is 19.2. The Morgan fingerprint density at radius 3 is 1.19 bits per heavy atom. The monoisotopic (exact) mass is 728 g/mol. The van der Waals surface area contributed by atoms with Crippen LogP contribution in [0.5, 0.6) is 0 Å². The van der Waals surface area contributed by atoms with Gasteiger partial charge in [0.05, 0.1) is 33.1 Å². The highest BCUT2D eigenvalue weighted by atomic mass is 15.2. The van der Waals surface area contributed by atoms with Gasteiger partial charge in [0.1, 0.15) is 0 Å². The summed E-state index contributed by atoms with van der Waals surface area (Å²) in [5.74, 6) is 1.78. The minimum atomic E-state index is 0.564. The van der Waals surface area contributed by atoms with Crippen molar-refractivity contribution in [2.45, 2.75) is 0 Å². The summed E-state index contributed by atoms with van der Waals surface area (Å²) in [6, 6.07) is 68.3. The van der Waals surface area contributed by atoms with E-state index in [1.165, 1.54) is 32.6 Å². The molecule has 0 N–H and O–H groups in total. The van der Waals surface area contributed by atoms with E-state index in [-0.39, 0.29) is 0 Å². The summed E-state index contributed by atoms with van der Waals surface area (Å²) in [6.07, 6.45) is 0. The zero-order valence-electron chi connectivity index (χ0n) is 30.7. The van der Waals surface area contributed by atoms with Crippen molar-refractivity contribution in [3.63, 3.8) is 0 Å². The standard InChI is InChI=1S/C51H32N6/c1-3-15-33(16-4-1)49-52-50(34-27-29-36(30-28-34)55-43-23-11-7-19-37(43)38-20-8-12-24-44(38)55)54-51(53-49)57-46-26-14-10-22-40(46)42-32-31-41-39-21-9-13-25-45(39)56(47(41)48(42)57)35-17-5-2-6-18-35/h1-32H. The molecule has 266 valence electrons. The summed E-state index contributed by atoms with van der Waals surface area (Å²) in [5, 5.41) is 7.11. The molecule has 57 heavy (non-hydrogen) atoms. The van der Waals surface area contributed by atoms with Gasteiger partial charge in [0.2, 0.25) is 5.95 Å². The molecule has 0 aliphatic heterocycles. The van der Waals surface area contributed by atoms with E-state index in [0.29, 0.717) is 17.6 Å². The molecule has 0 spiro atoms. The van der Waals surface area contributed by atoms with E-state index in [2.05, 4.69) is 190 Å². The van der Waals surface area contributed by atoms with E-state index in [1.54, 1.807) is 0 Å². The molecule has 6 heteroatoms. The number of nitrogens with zero attached hydrogens (tertiary/aromatic N) is 6. The summed E-state index contributed by atoms with van der Waals surface area (Å²) >= 11 is 0. The molecule has 0 fully saturated rings. The van der Waals surface area contributed by atoms with Crippen LogP contribution in [0.3, 0.4) is 0 Å². The average molecular weight is 729 g/mol. The average Bonchev–Trinajstić information content (AvgIpc) is 3.93. The smallest absolute Gasteiger partial charge is 0.238 e. The molecule has 12 aromatic rings. The van der Waals surface area contributed by atoms with Crippen molar-refractivity contribution >= 4 is 65.4 Å². The quantitative estimate of drug-likeness (QED) is 0.177. The van der Waals surface area contributed by atoms with Gasteiger partial charge in [-0.25, -0.2) is 4.98 Å². The molecule has 0 unspecified atom stereocenters. The number of rotatable bonds is 5. The predicted octanol–water partition coefficient (Wildman–Crippen LogP) is 12.5. The molecule has 0 aliphatic rings. The number of aromatic nitrogens is 6. The van der Waals surface area contributed by atoms with Crippen LogP contribution in [-0.4, -0.2) is 28.7 Å². The number of benzene rings is 8. The van der Waals surface area contributed by atoms with E-state index in [0.717, 1.165) is 55.3 Å². The fourth-order valence-electron chi connectivity index (χ4n) is 8.82. The van der Waals surface area contributed by atoms with Gasteiger partial charge in [-0.2, -0.15) is 9.97 Å². The van der Waals surface area contributed by atoms with Crippen molar-refractivity contribution in [2.75, 3.05) is 0 Å². The Morgan fingerprint density at radius 1 is 0.263 bits per heavy atom. The van der Waals surface area contributed by atoms with Crippen molar-refractivity contribution < 1.29 is 0 Å². The molecule has 0 aliphatic carbocycles. The van der Waals surface area contributed by atoms with Crippen LogP contribution in [0, 0.1) is 0 Å². The third-order valence-corrected chi connectivity index (χ3v) is 11.3. The minimum Gasteiger partial charge on any atom is -0.309 e. The normalized spacial score (nSPS) is 11.9. The Hall–Kier alpha value is -7.83. The molecular formula is C51H32N6. The first-order valence-corrected chi connectivity index (χ1v) is 19.2. The summed E-state index contributed by atoms with van der Waals surface area (Å²) in [7, 11) is 0. The lowest BCUT2D eigenvalue weighted by atomic mass is 10.1. The summed E-state index contributed by atoms with van der Waals surface area (Å²) in [4.78, 5) is 15.8. The van der Waals surface area contributed by atoms with E-state index in [1.807, 2.05) is 18.2 Å². The van der Waals surface area contributed by atoms with Gasteiger partial charge in [0.25, 0.3) is 0 Å². The van der Waals surface area contributed by atoms with Gasteiger partial charge >= 0.3 is 0 Å². The highest BCUT2D eigenvalue weighted by Crippen LogP contribution is 2.41. The van der Waals surface area contributed by atoms with Crippen LogP contribution < -0.4 is 0 Å². The molecule has 0 bridgehead atoms. The Morgan fingerprint density at radius 2 is 0.649 bits per heavy atom. The first-order chi connectivity index (χ1) is 28.3. The molecule has 0 saturated heterocycles. The van der Waals surface area contributed by atoms with Crippen molar-refractivity contribution in [2.24, 2.45) is 0 Å². The second-order valence-electron chi connectivity index (χ2n) is 14.5. The van der Waals surface area contributed by atoms with Crippen LogP contribution in [-0.2, 0) is 0 Å². The third-order valence-electron chi connectivity index (χ3n) is 11.3. The highest BCUT2D eigenvalue weighted by Gasteiger charge is 2.23. The topological polar surface area (TPSA) is 53.5 Å². The number of para-hydroxylation sites is 5. The molecule has 0 saturated carbocycles. The van der Waals surface area contributed by atoms with Crippen molar-refractivity contribution in [3.05, 3.63) is 194 Å². The van der Waals surface area contributed by atoms with Crippen LogP contribution in [0.1, 0.15) is 0 Å². The second kappa shape index (κ2) is 12.3. The largest absolute Gasteiger partial charge is 0.309 e. The van der Waals surface area contributed by atoms with Gasteiger partial charge in [0, 0.05) is 54.8 Å². The lowest BCUT2D eigenvalue weighted by Crippen LogP contribution is -2.07. The molecule has 8 aromatic carbocycles. The van der Waals surface area contributed by atoms with Gasteiger partial charge in [0.15, 0.2) is 11.6 Å². The van der Waals surface area contributed by atoms with Crippen LogP contribution in [0.4, 0.5) is 0 Å². The van der Waals surface area contributed by atoms with Crippen LogP contribution in [0.2, 0.25) is 0 Å². The third kappa shape index (κ3) is 4.74. The molecule has 0 radical (unpaired) electrons. The van der Waals surface area contributed by atoms with Gasteiger partial charge < -0.3 is 9.13 Å². The zero-order valence-corrected chi connectivity index (χ0v) is 30.7. The summed E-state index contributed by atoms with van der Waals surface area (Å²) < 4.78 is 6.96. The van der Waals surface area contributed by atoms with Crippen LogP contribution in [0.15, 0.2) is 194 Å². The highest BCUT2D eigenvalue weighted by molar-refractivity contribution is 6.23. The number of fused-ring (bicyclic) bond motifs is 10. The lowest BCUT2D eigenvalue weighted by Gasteiger charge is -2.13. The molecule has 4 heterocycles.